The van der Waals surface area contributed by atoms with Crippen LogP contribution in [0.15, 0.2) is 204 Å². The van der Waals surface area contributed by atoms with E-state index in [2.05, 4.69) is 89.4 Å². The van der Waals surface area contributed by atoms with Crippen LogP contribution in [0.2, 0.25) is 5.02 Å². The summed E-state index contributed by atoms with van der Waals surface area (Å²) in [4.78, 5) is 72.6. The van der Waals surface area contributed by atoms with Gasteiger partial charge in [0.15, 0.2) is 0 Å². The van der Waals surface area contributed by atoms with Gasteiger partial charge in [-0.05, 0) is 199 Å². The van der Waals surface area contributed by atoms with Gasteiger partial charge in [0, 0.05) is 175 Å². The zero-order valence-corrected chi connectivity index (χ0v) is 76.9. The van der Waals surface area contributed by atoms with Gasteiger partial charge >= 0.3 is 6.18 Å². The van der Waals surface area contributed by atoms with E-state index in [0.29, 0.717) is 154 Å². The Kier molecular flexibility index (Phi) is 28.5. The number of furan rings is 2. The summed E-state index contributed by atoms with van der Waals surface area (Å²) in [5, 5.41) is 20.2. The lowest BCUT2D eigenvalue weighted by Crippen LogP contribution is -2.54. The number of nitrogens with one attached hydrogen (secondary N) is 6. The van der Waals surface area contributed by atoms with Gasteiger partial charge in [0.05, 0.1) is 87.7 Å². The van der Waals surface area contributed by atoms with Crippen LogP contribution >= 0.6 is 11.6 Å². The van der Waals surface area contributed by atoms with Crippen molar-refractivity contribution in [3.63, 3.8) is 0 Å². The second-order valence-electron chi connectivity index (χ2n) is 34.0. The summed E-state index contributed by atoms with van der Waals surface area (Å²) >= 11 is 6.57. The first-order valence-electron chi connectivity index (χ1n) is 43.9. The molecule has 1 aliphatic carbocycles. The van der Waals surface area contributed by atoms with Crippen LogP contribution in [0.25, 0.3) is 49.8 Å². The Morgan fingerprint density at radius 2 is 1.30 bits per heavy atom. The van der Waals surface area contributed by atoms with E-state index in [9.17, 15) is 48.6 Å². The van der Waals surface area contributed by atoms with Crippen molar-refractivity contribution in [1.29, 1.82) is 0 Å². The monoisotopic (exact) mass is 1880 g/mol. The molecule has 4 aliphatic heterocycles. The van der Waals surface area contributed by atoms with Gasteiger partial charge in [0.25, 0.3) is 16.7 Å². The van der Waals surface area contributed by atoms with Crippen molar-refractivity contribution in [2.24, 2.45) is 5.92 Å². The fourth-order valence-electron chi connectivity index (χ4n) is 17.5. The molecule has 18 rings (SSSR count). The Bertz CT molecular complexity index is 6870. The Morgan fingerprint density at radius 3 is 1.94 bits per heavy atom. The predicted molar refractivity (Wildman–Crippen MR) is 504 cm³/mol. The van der Waals surface area contributed by atoms with E-state index < -0.39 is 58.5 Å². The standard InChI is InChI=1S/C34H42FN7O4S.C33H32ClF3N6O4S.C27H29N5O4S/c1-21(2)47(44,45)42-12-6-7-28(42)20-41-32-26(15-29(33(41)43)24(5)25-10-13-46-14-11-25)17-36-34(39-32)38-27-8-9-31(30(35)16-27)40-18-22(3)37-23(4)19-40;1-20-3-5-23(26(34)15-20)24-16-21-18-39-32(40-22-4-6-27(25(17-22)33(35,36)37)42-10-8-38-9-11-42)41-30(21)43(31(24)44)19-28-29(7-12-47-28)48(45)14-13-46-2;33-24-10-7-20-16-29-27(30-22-8-5-18(6-9-22)19-11-13-28-15-19)31-25(20)32(24)17-21-12-14-36-26(21)37(34,35)23-3-1-2-4-23/h6-9,12,15-17,21-23,25,37H,5,10-11,13-14,18-20H2,1-4H3,(H,36,38,39);3-7,12,15-18,38H,8-11,13-14,19H2,1-2H3,(H,39,40,41);5-10,12,14,16,19,23,28H,1-4,11,13,15,17H2,(H,29,30,31)/t22-,23+;;. The maximum Gasteiger partial charge on any atom is 0.418 e. The molecule has 0 radical (unpaired) electrons. The molecule has 13 heterocycles. The lowest BCUT2D eigenvalue weighted by atomic mass is 9.88. The van der Waals surface area contributed by atoms with Gasteiger partial charge in [-0.25, -0.2) is 40.2 Å². The predicted octanol–water partition coefficient (Wildman–Crippen LogP) is 14.7. The summed E-state index contributed by atoms with van der Waals surface area (Å²) < 4.78 is 151. The Labute approximate surface area is 767 Å². The number of fused-ring (bicyclic) bond motifs is 3. The number of nitrogens with zero attached hydrogens (tertiary/aromatic N) is 12. The molecule has 4 aromatic carbocycles. The first kappa shape index (κ1) is 93.4. The minimum atomic E-state index is -4.60. The highest BCUT2D eigenvalue weighted by atomic mass is 35.5. The van der Waals surface area contributed by atoms with Crippen LogP contribution in [0.4, 0.5) is 63.8 Å². The Balaban J connectivity index is 0.000000146. The van der Waals surface area contributed by atoms with Crippen molar-refractivity contribution < 1.29 is 56.9 Å². The van der Waals surface area contributed by atoms with E-state index in [1.807, 2.05) is 30.0 Å². The lowest BCUT2D eigenvalue weighted by Gasteiger charge is -2.37. The van der Waals surface area contributed by atoms with E-state index in [4.69, 9.17) is 34.9 Å². The zero-order valence-electron chi connectivity index (χ0n) is 73.7. The van der Waals surface area contributed by atoms with Gasteiger partial charge in [-0.2, -0.15) is 28.1 Å². The minimum absolute atomic E-state index is 0.0249. The van der Waals surface area contributed by atoms with Gasteiger partial charge in [-0.15, -0.1) is 0 Å². The van der Waals surface area contributed by atoms with Crippen LogP contribution in [-0.2, 0) is 65.9 Å². The van der Waals surface area contributed by atoms with Crippen molar-refractivity contribution in [2.75, 3.05) is 111 Å². The zero-order chi connectivity index (χ0) is 92.9. The number of benzene rings is 4. The minimum Gasteiger partial charge on any atom is -0.466 e. The highest BCUT2D eigenvalue weighted by molar-refractivity contribution is 7.92. The number of ether oxygens (including phenoxy) is 2. The second kappa shape index (κ2) is 40.3. The maximum atomic E-state index is 15.4. The Hall–Kier alpha value is -11.8. The molecule has 0 spiro atoms. The molecule has 0 amide bonds. The molecule has 5 fully saturated rings. The molecule has 5 aliphatic rings. The maximum absolute atomic E-state index is 15.4. The molecule has 694 valence electrons. The van der Waals surface area contributed by atoms with Crippen molar-refractivity contribution in [3.05, 3.63) is 252 Å². The van der Waals surface area contributed by atoms with Crippen LogP contribution in [-0.4, -0.2) is 176 Å². The third-order valence-electron chi connectivity index (χ3n) is 24.4. The number of anilines is 8. The largest absolute Gasteiger partial charge is 0.466 e. The lowest BCUT2D eigenvalue weighted by molar-refractivity contribution is -0.137. The fourth-order valence-corrected chi connectivity index (χ4v) is 22.1. The number of alkyl halides is 3. The van der Waals surface area contributed by atoms with Crippen LogP contribution in [0.1, 0.15) is 118 Å². The normalized spacial score (nSPS) is 17.3. The SMILES string of the molecule is C=C(c1cc2cnc(Nc3ccc(N4C[C@@H](C)N[C@@H](C)C4)c(F)c3)nc2n(Cc2cccn2S(=O)(=O)C(C)C)c1=O)C1CCOCC1.COCCS(=O)c1ccoc1Cn1c(=O)c(-c2ccc(C)cc2Cl)cc2cnc(Nc3ccc(N4CCNCC4)c(C(F)(F)F)c3)nc21.O=c1ccc2cnc(Nc3ccc(C4CCNC4)cc3)nc2n1Cc1ccoc1S(=O)(=O)C1CCCC1. The molecule has 6 N–H and O–H groups in total. The summed E-state index contributed by atoms with van der Waals surface area (Å²) in [6, 6.07) is 36.0. The van der Waals surface area contributed by atoms with Crippen LogP contribution in [0, 0.1) is 18.7 Å². The number of halogens is 5. The number of rotatable bonds is 26. The van der Waals surface area contributed by atoms with E-state index in [-0.39, 0.29) is 112 Å². The second-order valence-corrected chi connectivity index (χ2v) is 40.4. The summed E-state index contributed by atoms with van der Waals surface area (Å²) in [6.45, 7) is 20.4. The number of hydrogen-bond donors (Lipinski definition) is 6. The van der Waals surface area contributed by atoms with Crippen molar-refractivity contribution in [3.8, 4) is 11.1 Å². The number of methoxy groups -OCH3 is 1. The number of sulfone groups is 1. The summed E-state index contributed by atoms with van der Waals surface area (Å²) in [5.41, 5.74) is 6.13. The van der Waals surface area contributed by atoms with Gasteiger partial charge in [0.2, 0.25) is 42.8 Å². The van der Waals surface area contributed by atoms with E-state index >= 15 is 4.39 Å². The van der Waals surface area contributed by atoms with Crippen LogP contribution in [0.5, 0.6) is 0 Å². The number of piperazine rings is 2. The number of allylic oxidation sites excluding steroid dienone is 1. The molecule has 2 unspecified atom stereocenters. The van der Waals surface area contributed by atoms with E-state index in [1.54, 1.807) is 104 Å². The molecule has 30 nitrogen and oxygen atoms in total. The molecular formula is C94H103ClF4N18O12S3. The summed E-state index contributed by atoms with van der Waals surface area (Å²) in [7, 11) is -7.24. The van der Waals surface area contributed by atoms with Gasteiger partial charge < -0.3 is 60.0 Å². The van der Waals surface area contributed by atoms with E-state index in [1.165, 1.54) is 73.5 Å². The summed E-state index contributed by atoms with van der Waals surface area (Å²) in [6.07, 6.45) is 10.1. The first-order valence-corrected chi connectivity index (χ1v) is 48.6. The highest BCUT2D eigenvalue weighted by Gasteiger charge is 2.38. The van der Waals surface area contributed by atoms with Crippen LogP contribution < -0.4 is 58.4 Å². The van der Waals surface area contributed by atoms with Gasteiger partial charge in [0.1, 0.15) is 28.5 Å². The summed E-state index contributed by atoms with van der Waals surface area (Å²) in [5.74, 6) is 1.26. The molecule has 9 aromatic heterocycles. The molecule has 38 heteroatoms. The van der Waals surface area contributed by atoms with E-state index in [0.717, 1.165) is 62.5 Å². The molecule has 4 saturated heterocycles. The number of pyridine rings is 3. The third-order valence-corrected chi connectivity index (χ3v) is 30.4. The average Bonchev–Trinajstić information content (AvgIpc) is 0.965. The molecule has 132 heavy (non-hydrogen) atoms. The topological polar surface area (TPSA) is 357 Å². The Morgan fingerprint density at radius 1 is 0.667 bits per heavy atom. The van der Waals surface area contributed by atoms with Crippen LogP contribution in [0.3, 0.4) is 0 Å². The molecule has 4 atom stereocenters. The molecule has 1 saturated carbocycles. The number of aryl methyl sites for hydroxylation is 1. The highest BCUT2D eigenvalue weighted by Crippen LogP contribution is 2.41. The first-order chi connectivity index (χ1) is 63.4. The molecule has 13 aromatic rings. The van der Waals surface area contributed by atoms with Crippen molar-refractivity contribution >= 4 is 127 Å². The third kappa shape index (κ3) is 20.8. The average molecular weight is 1880 g/mol. The quantitative estimate of drug-likeness (QED) is 0.0274. The smallest absolute Gasteiger partial charge is 0.418 e. The number of aromatic nitrogens is 10. The number of hydrogen-bond acceptors (Lipinski definition) is 26. The van der Waals surface area contributed by atoms with Gasteiger partial charge in [-0.3, -0.25) is 32.3 Å². The molecule has 0 bridgehead atoms. The van der Waals surface area contributed by atoms with Crippen molar-refractivity contribution in [1.82, 2.24) is 63.5 Å². The fraction of sp³-hybridized carbons (Fsp3) is 0.372. The van der Waals surface area contributed by atoms with Crippen molar-refractivity contribution in [2.45, 2.75) is 144 Å². The molecular weight excluding hydrogens is 1780 g/mol. The van der Waals surface area contributed by atoms with Gasteiger partial charge in [-0.1, -0.05) is 55.3 Å².